The van der Waals surface area contributed by atoms with Gasteiger partial charge in [-0.05, 0) is 30.7 Å². The molecule has 1 aliphatic rings. The predicted molar refractivity (Wildman–Crippen MR) is 79.7 cm³/mol. The van der Waals surface area contributed by atoms with Gasteiger partial charge in [-0.25, -0.2) is 0 Å². The summed E-state index contributed by atoms with van der Waals surface area (Å²) in [5, 5.41) is 4.36. The minimum Gasteiger partial charge on any atom is -0.379 e. The van der Waals surface area contributed by atoms with E-state index < -0.39 is 0 Å². The second-order valence-electron chi connectivity index (χ2n) is 4.91. The van der Waals surface area contributed by atoms with Crippen molar-refractivity contribution in [1.82, 2.24) is 10.2 Å². The molecule has 1 fully saturated rings. The van der Waals surface area contributed by atoms with Crippen molar-refractivity contribution in [2.75, 3.05) is 39.4 Å². The summed E-state index contributed by atoms with van der Waals surface area (Å²) >= 11 is 6.08. The van der Waals surface area contributed by atoms with Crippen molar-refractivity contribution < 1.29 is 4.74 Å². The average Bonchev–Trinajstić information content (AvgIpc) is 2.44. The lowest BCUT2D eigenvalue weighted by Gasteiger charge is -2.28. The molecule has 0 saturated carbocycles. The van der Waals surface area contributed by atoms with Crippen molar-refractivity contribution in [3.63, 3.8) is 0 Å². The van der Waals surface area contributed by atoms with Gasteiger partial charge >= 0.3 is 0 Å². The van der Waals surface area contributed by atoms with Crippen LogP contribution in [-0.2, 0) is 4.74 Å². The van der Waals surface area contributed by atoms with Gasteiger partial charge in [-0.15, -0.1) is 0 Å². The van der Waals surface area contributed by atoms with Crippen LogP contribution in [-0.4, -0.2) is 44.3 Å². The highest BCUT2D eigenvalue weighted by Crippen LogP contribution is 2.21. The molecule has 0 aromatic heterocycles. The van der Waals surface area contributed by atoms with E-state index in [4.69, 9.17) is 16.3 Å². The number of nitrogens with one attached hydrogen (secondary N) is 1. The fourth-order valence-corrected chi connectivity index (χ4v) is 2.69. The molecule has 0 amide bonds. The molecular formula is C15H23ClN2O. The van der Waals surface area contributed by atoms with Crippen molar-refractivity contribution >= 4 is 11.6 Å². The Labute approximate surface area is 120 Å². The second-order valence-corrected chi connectivity index (χ2v) is 5.34. The van der Waals surface area contributed by atoms with Crippen LogP contribution in [0.1, 0.15) is 24.9 Å². The zero-order chi connectivity index (χ0) is 13.5. The Balaban J connectivity index is 1.91. The fraction of sp³-hybridized carbons (Fsp3) is 0.600. The van der Waals surface area contributed by atoms with E-state index in [1.165, 1.54) is 5.56 Å². The van der Waals surface area contributed by atoms with Crippen LogP contribution in [0.25, 0.3) is 0 Å². The summed E-state index contributed by atoms with van der Waals surface area (Å²) in [6, 6.07) is 8.55. The molecular weight excluding hydrogens is 260 g/mol. The number of rotatable bonds is 6. The van der Waals surface area contributed by atoms with Crippen molar-refractivity contribution in [2.45, 2.75) is 19.4 Å². The van der Waals surface area contributed by atoms with Gasteiger partial charge in [-0.2, -0.15) is 0 Å². The quantitative estimate of drug-likeness (QED) is 0.868. The van der Waals surface area contributed by atoms with Crippen molar-refractivity contribution in [2.24, 2.45) is 0 Å². The molecule has 1 aliphatic heterocycles. The van der Waals surface area contributed by atoms with Crippen LogP contribution >= 0.6 is 11.6 Å². The van der Waals surface area contributed by atoms with Crippen molar-refractivity contribution in [3.8, 4) is 0 Å². The van der Waals surface area contributed by atoms with E-state index in [1.54, 1.807) is 0 Å². The van der Waals surface area contributed by atoms with Gasteiger partial charge in [0.1, 0.15) is 0 Å². The summed E-state index contributed by atoms with van der Waals surface area (Å²) < 4.78 is 5.38. The van der Waals surface area contributed by atoms with Crippen LogP contribution < -0.4 is 5.32 Å². The first-order valence-corrected chi connectivity index (χ1v) is 7.46. The zero-order valence-corrected chi connectivity index (χ0v) is 12.3. The number of hydrogen-bond donors (Lipinski definition) is 1. The lowest BCUT2D eigenvalue weighted by molar-refractivity contribution is 0.0361. The first-order chi connectivity index (χ1) is 9.29. The van der Waals surface area contributed by atoms with Crippen LogP contribution in [0.15, 0.2) is 24.3 Å². The summed E-state index contributed by atoms with van der Waals surface area (Å²) in [5.74, 6) is 0. The Hall–Kier alpha value is -0.610. The topological polar surface area (TPSA) is 24.5 Å². The van der Waals surface area contributed by atoms with Crippen LogP contribution in [0.4, 0.5) is 0 Å². The molecule has 19 heavy (non-hydrogen) atoms. The number of halogens is 1. The van der Waals surface area contributed by atoms with Crippen LogP contribution in [0.5, 0.6) is 0 Å². The third kappa shape index (κ3) is 4.77. The Morgan fingerprint density at radius 3 is 2.84 bits per heavy atom. The van der Waals surface area contributed by atoms with E-state index in [0.29, 0.717) is 6.04 Å². The molecule has 106 valence electrons. The number of benzene rings is 1. The Morgan fingerprint density at radius 1 is 1.37 bits per heavy atom. The van der Waals surface area contributed by atoms with Gasteiger partial charge in [0.25, 0.3) is 0 Å². The average molecular weight is 283 g/mol. The molecule has 4 heteroatoms. The summed E-state index contributed by atoms with van der Waals surface area (Å²) in [5.41, 5.74) is 1.28. The summed E-state index contributed by atoms with van der Waals surface area (Å²) in [4.78, 5) is 2.47. The smallest absolute Gasteiger partial charge is 0.0594 e. The maximum atomic E-state index is 6.08. The van der Waals surface area contributed by atoms with Gasteiger partial charge < -0.3 is 10.1 Å². The van der Waals surface area contributed by atoms with Gasteiger partial charge in [0.15, 0.2) is 0 Å². The van der Waals surface area contributed by atoms with E-state index >= 15 is 0 Å². The Morgan fingerprint density at radius 2 is 2.16 bits per heavy atom. The molecule has 1 aromatic carbocycles. The molecule has 1 heterocycles. The molecule has 0 bridgehead atoms. The highest BCUT2D eigenvalue weighted by molar-refractivity contribution is 6.30. The minimum absolute atomic E-state index is 0.381. The predicted octanol–water partition coefficient (Wildman–Crippen LogP) is 2.71. The maximum absolute atomic E-state index is 6.08. The highest BCUT2D eigenvalue weighted by atomic mass is 35.5. The minimum atomic E-state index is 0.381. The zero-order valence-electron chi connectivity index (χ0n) is 11.6. The number of morpholine rings is 1. The summed E-state index contributed by atoms with van der Waals surface area (Å²) in [6.45, 7) is 8.05. The summed E-state index contributed by atoms with van der Waals surface area (Å²) in [7, 11) is 0. The fourth-order valence-electron chi connectivity index (χ4n) is 2.49. The van der Waals surface area contributed by atoms with Gasteiger partial charge in [0.05, 0.1) is 13.2 Å². The lowest BCUT2D eigenvalue weighted by Crippen LogP contribution is -2.38. The molecule has 1 saturated heterocycles. The third-order valence-corrected chi connectivity index (χ3v) is 3.77. The SMILES string of the molecule is CCNC(CCN1CCOCC1)c1cccc(Cl)c1. The number of nitrogens with zero attached hydrogens (tertiary/aromatic N) is 1. The Bertz CT molecular complexity index is 380. The first kappa shape index (κ1) is 14.8. The maximum Gasteiger partial charge on any atom is 0.0594 e. The Kier molecular flexibility index (Phi) is 6.11. The number of hydrogen-bond acceptors (Lipinski definition) is 3. The lowest BCUT2D eigenvalue weighted by atomic mass is 10.0. The van der Waals surface area contributed by atoms with Crippen LogP contribution in [0.3, 0.4) is 0 Å². The van der Waals surface area contributed by atoms with E-state index in [1.807, 2.05) is 12.1 Å². The van der Waals surface area contributed by atoms with Crippen LogP contribution in [0.2, 0.25) is 5.02 Å². The third-order valence-electron chi connectivity index (χ3n) is 3.54. The van der Waals surface area contributed by atoms with E-state index in [-0.39, 0.29) is 0 Å². The molecule has 3 nitrogen and oxygen atoms in total. The van der Waals surface area contributed by atoms with E-state index in [9.17, 15) is 0 Å². The largest absolute Gasteiger partial charge is 0.379 e. The molecule has 1 unspecified atom stereocenters. The molecule has 1 atom stereocenters. The monoisotopic (exact) mass is 282 g/mol. The molecule has 0 radical (unpaired) electrons. The highest BCUT2D eigenvalue weighted by Gasteiger charge is 2.15. The van der Waals surface area contributed by atoms with Crippen molar-refractivity contribution in [1.29, 1.82) is 0 Å². The van der Waals surface area contributed by atoms with Gasteiger partial charge in [0.2, 0.25) is 0 Å². The molecule has 0 spiro atoms. The van der Waals surface area contributed by atoms with Gasteiger partial charge in [-0.1, -0.05) is 30.7 Å². The molecule has 1 aromatic rings. The molecule has 1 N–H and O–H groups in total. The van der Waals surface area contributed by atoms with Gasteiger partial charge in [0, 0.05) is 30.7 Å². The first-order valence-electron chi connectivity index (χ1n) is 7.08. The van der Waals surface area contributed by atoms with E-state index in [0.717, 1.165) is 50.8 Å². The second kappa shape index (κ2) is 7.85. The molecule has 0 aliphatic carbocycles. The molecule has 2 rings (SSSR count). The standard InChI is InChI=1S/C15H23ClN2O/c1-2-17-15(13-4-3-5-14(16)12-13)6-7-18-8-10-19-11-9-18/h3-5,12,15,17H,2,6-11H2,1H3. The normalized spacial score (nSPS) is 18.4. The summed E-state index contributed by atoms with van der Waals surface area (Å²) in [6.07, 6.45) is 1.11. The number of ether oxygens (including phenoxy) is 1. The van der Waals surface area contributed by atoms with Crippen LogP contribution in [0, 0.1) is 0 Å². The van der Waals surface area contributed by atoms with E-state index in [2.05, 4.69) is 29.3 Å². The van der Waals surface area contributed by atoms with Crippen molar-refractivity contribution in [3.05, 3.63) is 34.9 Å². The van der Waals surface area contributed by atoms with Gasteiger partial charge in [-0.3, -0.25) is 4.90 Å².